The largest absolute Gasteiger partial charge is 0.481 e. The maximum atomic E-state index is 11.5. The van der Waals surface area contributed by atoms with Crippen molar-refractivity contribution in [2.75, 3.05) is 13.1 Å². The fourth-order valence-electron chi connectivity index (χ4n) is 2.38. The Morgan fingerprint density at radius 3 is 2.30 bits per heavy atom. The number of aliphatic carboxylic acids is 1. The molecule has 20 heavy (non-hydrogen) atoms. The van der Waals surface area contributed by atoms with Crippen LogP contribution in [0.3, 0.4) is 0 Å². The van der Waals surface area contributed by atoms with Crippen LogP contribution >= 0.6 is 0 Å². The van der Waals surface area contributed by atoms with E-state index >= 15 is 0 Å². The van der Waals surface area contributed by atoms with Gasteiger partial charge in [-0.15, -0.1) is 0 Å². The highest BCUT2D eigenvalue weighted by Crippen LogP contribution is 2.28. The van der Waals surface area contributed by atoms with Gasteiger partial charge in [0.2, 0.25) is 5.91 Å². The molecule has 0 aromatic carbocycles. The molecule has 5 N–H and O–H groups in total. The first kappa shape index (κ1) is 16.3. The highest BCUT2D eigenvalue weighted by Gasteiger charge is 2.25. The number of nitrogens with one attached hydrogen (secondary N) is 2. The molecule has 1 aliphatic carbocycles. The van der Waals surface area contributed by atoms with Gasteiger partial charge in [-0.25, -0.2) is 4.79 Å². The molecule has 0 aliphatic heterocycles. The molecule has 0 spiro atoms. The van der Waals surface area contributed by atoms with Crippen molar-refractivity contribution in [1.82, 2.24) is 10.6 Å². The van der Waals surface area contributed by atoms with E-state index in [0.717, 1.165) is 12.8 Å². The summed E-state index contributed by atoms with van der Waals surface area (Å²) in [6.45, 7) is 0.981. The normalized spacial score (nSPS) is 22.0. The number of urea groups is 1. The zero-order valence-corrected chi connectivity index (χ0v) is 11.6. The third-order valence-electron chi connectivity index (χ3n) is 3.63. The SMILES string of the molecule is NC(=O)CCCNC(=O)NCC1CCC(C(=O)O)CC1. The Kier molecular flexibility index (Phi) is 6.83. The van der Waals surface area contributed by atoms with Gasteiger partial charge in [0.1, 0.15) is 0 Å². The molecule has 0 heterocycles. The summed E-state index contributed by atoms with van der Waals surface area (Å²) in [5.74, 6) is -0.971. The Balaban J connectivity index is 2.07. The van der Waals surface area contributed by atoms with Crippen LogP contribution < -0.4 is 16.4 Å². The van der Waals surface area contributed by atoms with E-state index in [2.05, 4.69) is 10.6 Å². The van der Waals surface area contributed by atoms with E-state index < -0.39 is 5.97 Å². The monoisotopic (exact) mass is 285 g/mol. The first-order valence-electron chi connectivity index (χ1n) is 7.02. The van der Waals surface area contributed by atoms with Crippen molar-refractivity contribution >= 4 is 17.9 Å². The van der Waals surface area contributed by atoms with Gasteiger partial charge in [0.25, 0.3) is 0 Å². The fourth-order valence-corrected chi connectivity index (χ4v) is 2.38. The van der Waals surface area contributed by atoms with Gasteiger partial charge in [-0.2, -0.15) is 0 Å². The second-order valence-electron chi connectivity index (χ2n) is 5.26. The molecule has 3 amide bonds. The van der Waals surface area contributed by atoms with Gasteiger partial charge in [0.15, 0.2) is 0 Å². The molecule has 0 atom stereocenters. The van der Waals surface area contributed by atoms with Crippen LogP contribution in [0.1, 0.15) is 38.5 Å². The van der Waals surface area contributed by atoms with E-state index in [1.165, 1.54) is 0 Å². The van der Waals surface area contributed by atoms with Crippen molar-refractivity contribution in [2.24, 2.45) is 17.6 Å². The molecule has 0 bridgehead atoms. The molecule has 0 unspecified atom stereocenters. The highest BCUT2D eigenvalue weighted by molar-refractivity contribution is 5.75. The van der Waals surface area contributed by atoms with Gasteiger partial charge in [0.05, 0.1) is 5.92 Å². The summed E-state index contributed by atoms with van der Waals surface area (Å²) in [6, 6.07) is -0.255. The van der Waals surface area contributed by atoms with Crippen molar-refractivity contribution in [1.29, 1.82) is 0 Å². The Morgan fingerprint density at radius 2 is 1.75 bits per heavy atom. The first-order chi connectivity index (χ1) is 9.49. The lowest BCUT2D eigenvalue weighted by Crippen LogP contribution is -2.39. The second-order valence-corrected chi connectivity index (χ2v) is 5.26. The van der Waals surface area contributed by atoms with Gasteiger partial charge in [-0.05, 0) is 38.0 Å². The number of hydrogen-bond donors (Lipinski definition) is 4. The minimum Gasteiger partial charge on any atom is -0.481 e. The smallest absolute Gasteiger partial charge is 0.314 e. The molecule has 7 heteroatoms. The van der Waals surface area contributed by atoms with Gasteiger partial charge in [0, 0.05) is 19.5 Å². The van der Waals surface area contributed by atoms with Crippen molar-refractivity contribution in [3.63, 3.8) is 0 Å². The van der Waals surface area contributed by atoms with Gasteiger partial charge < -0.3 is 21.5 Å². The first-order valence-corrected chi connectivity index (χ1v) is 7.02. The molecule has 1 saturated carbocycles. The van der Waals surface area contributed by atoms with Crippen molar-refractivity contribution in [2.45, 2.75) is 38.5 Å². The second kappa shape index (κ2) is 8.39. The summed E-state index contributed by atoms with van der Waals surface area (Å²) < 4.78 is 0. The number of hydrogen-bond acceptors (Lipinski definition) is 3. The zero-order valence-electron chi connectivity index (χ0n) is 11.6. The molecule has 7 nitrogen and oxygen atoms in total. The zero-order chi connectivity index (χ0) is 15.0. The Hall–Kier alpha value is -1.79. The lowest BCUT2D eigenvalue weighted by Gasteiger charge is -2.26. The summed E-state index contributed by atoms with van der Waals surface area (Å²) in [5.41, 5.74) is 4.99. The minimum absolute atomic E-state index is 0.228. The number of nitrogens with two attached hydrogens (primary N) is 1. The third-order valence-corrected chi connectivity index (χ3v) is 3.63. The van der Waals surface area contributed by atoms with Crippen LogP contribution in [0.15, 0.2) is 0 Å². The maximum Gasteiger partial charge on any atom is 0.314 e. The quantitative estimate of drug-likeness (QED) is 0.507. The number of rotatable bonds is 7. The molecular weight excluding hydrogens is 262 g/mol. The van der Waals surface area contributed by atoms with Crippen LogP contribution in [0, 0.1) is 11.8 Å². The number of carbonyl (C=O) groups is 3. The Labute approximate surface area is 118 Å². The van der Waals surface area contributed by atoms with Crippen molar-refractivity contribution in [3.8, 4) is 0 Å². The average molecular weight is 285 g/mol. The van der Waals surface area contributed by atoms with Crippen LogP contribution in [0.2, 0.25) is 0 Å². The van der Waals surface area contributed by atoms with Crippen LogP contribution in [-0.4, -0.2) is 36.1 Å². The fraction of sp³-hybridized carbons (Fsp3) is 0.769. The predicted molar refractivity (Wildman–Crippen MR) is 72.9 cm³/mol. The number of carboxylic acid groups (broad SMARTS) is 1. The number of carbonyl (C=O) groups excluding carboxylic acids is 2. The molecular formula is C13H23N3O4. The van der Waals surface area contributed by atoms with Crippen LogP contribution in [0.5, 0.6) is 0 Å². The predicted octanol–water partition coefficient (Wildman–Crippen LogP) is 0.442. The summed E-state index contributed by atoms with van der Waals surface area (Å²) in [4.78, 5) is 32.8. The lowest BCUT2D eigenvalue weighted by atomic mass is 9.82. The molecule has 0 radical (unpaired) electrons. The average Bonchev–Trinajstić information content (AvgIpc) is 2.41. The van der Waals surface area contributed by atoms with E-state index in [9.17, 15) is 14.4 Å². The summed E-state index contributed by atoms with van der Waals surface area (Å²) in [7, 11) is 0. The molecule has 1 aliphatic rings. The van der Waals surface area contributed by atoms with Crippen LogP contribution in [0.25, 0.3) is 0 Å². The van der Waals surface area contributed by atoms with Gasteiger partial charge in [-0.1, -0.05) is 0 Å². The summed E-state index contributed by atoms with van der Waals surface area (Å²) in [6.07, 6.45) is 3.83. The van der Waals surface area contributed by atoms with Gasteiger partial charge >= 0.3 is 12.0 Å². The maximum absolute atomic E-state index is 11.5. The number of primary amides is 1. The lowest BCUT2D eigenvalue weighted by molar-refractivity contribution is -0.143. The van der Waals surface area contributed by atoms with Crippen molar-refractivity contribution in [3.05, 3.63) is 0 Å². The standard InChI is InChI=1S/C13H23N3O4/c14-11(17)2-1-7-15-13(20)16-8-9-3-5-10(6-4-9)12(18)19/h9-10H,1-8H2,(H2,14,17)(H,18,19)(H2,15,16,20). The van der Waals surface area contributed by atoms with E-state index in [-0.39, 0.29) is 24.3 Å². The van der Waals surface area contributed by atoms with E-state index in [1.807, 2.05) is 0 Å². The molecule has 0 aromatic heterocycles. The van der Waals surface area contributed by atoms with E-state index in [1.54, 1.807) is 0 Å². The molecule has 114 valence electrons. The Morgan fingerprint density at radius 1 is 1.10 bits per heavy atom. The highest BCUT2D eigenvalue weighted by atomic mass is 16.4. The number of amides is 3. The third kappa shape index (κ3) is 6.40. The molecule has 1 rings (SSSR count). The molecule has 1 fully saturated rings. The van der Waals surface area contributed by atoms with Crippen molar-refractivity contribution < 1.29 is 19.5 Å². The summed E-state index contributed by atoms with van der Waals surface area (Å²) in [5, 5.41) is 14.3. The van der Waals surface area contributed by atoms with Crippen LogP contribution in [-0.2, 0) is 9.59 Å². The van der Waals surface area contributed by atoms with E-state index in [4.69, 9.17) is 10.8 Å². The van der Waals surface area contributed by atoms with Gasteiger partial charge in [-0.3, -0.25) is 9.59 Å². The topological polar surface area (TPSA) is 122 Å². The summed E-state index contributed by atoms with van der Waals surface area (Å²) >= 11 is 0. The minimum atomic E-state index is -0.719. The molecule has 0 saturated heterocycles. The molecule has 0 aromatic rings. The van der Waals surface area contributed by atoms with E-state index in [0.29, 0.717) is 38.3 Å². The number of carboxylic acids is 1. The Bertz CT molecular complexity index is 352. The van der Waals surface area contributed by atoms with Crippen LogP contribution in [0.4, 0.5) is 4.79 Å².